The van der Waals surface area contributed by atoms with Crippen LogP contribution in [0.1, 0.15) is 25.3 Å². The molecule has 0 radical (unpaired) electrons. The number of anilines is 1. The molecule has 0 aliphatic rings. The maximum Gasteiger partial charge on any atom is 0.325 e. The van der Waals surface area contributed by atoms with Crippen molar-refractivity contribution in [1.82, 2.24) is 0 Å². The molecule has 18 heavy (non-hydrogen) atoms. The highest BCUT2D eigenvalue weighted by Crippen LogP contribution is 2.24. The van der Waals surface area contributed by atoms with Crippen LogP contribution >= 0.6 is 0 Å². The Labute approximate surface area is 108 Å². The molecule has 0 spiro atoms. The second-order valence-electron chi connectivity index (χ2n) is 4.13. The number of methoxy groups -OCH3 is 1. The molecule has 0 aromatic heterocycles. The molecule has 1 N–H and O–H groups in total. The predicted molar refractivity (Wildman–Crippen MR) is 72.1 cm³/mol. The molecule has 0 fully saturated rings. The Morgan fingerprint density at radius 1 is 1.39 bits per heavy atom. The quantitative estimate of drug-likeness (QED) is 0.598. The average Bonchev–Trinajstić information content (AvgIpc) is 2.37. The van der Waals surface area contributed by atoms with Gasteiger partial charge < -0.3 is 14.8 Å². The number of hydrogen-bond acceptors (Lipinski definition) is 4. The van der Waals surface area contributed by atoms with E-state index in [1.54, 1.807) is 7.11 Å². The summed E-state index contributed by atoms with van der Waals surface area (Å²) in [4.78, 5) is 11.5. The zero-order valence-electron chi connectivity index (χ0n) is 11.3. The van der Waals surface area contributed by atoms with Gasteiger partial charge in [0, 0.05) is 0 Å². The molecule has 4 nitrogen and oxygen atoms in total. The molecule has 0 unspecified atom stereocenters. The Kier molecular flexibility index (Phi) is 6.05. The van der Waals surface area contributed by atoms with Crippen molar-refractivity contribution < 1.29 is 14.3 Å². The largest absolute Gasteiger partial charge is 0.495 e. The molecule has 0 saturated carbocycles. The van der Waals surface area contributed by atoms with Gasteiger partial charge in [-0.3, -0.25) is 4.79 Å². The van der Waals surface area contributed by atoms with Crippen molar-refractivity contribution >= 4 is 11.7 Å². The third-order valence-electron chi connectivity index (χ3n) is 2.54. The first-order valence-corrected chi connectivity index (χ1v) is 6.21. The molecule has 4 heteroatoms. The van der Waals surface area contributed by atoms with Crippen LogP contribution in [0.25, 0.3) is 0 Å². The zero-order chi connectivity index (χ0) is 13.4. The lowest BCUT2D eigenvalue weighted by atomic mass is 10.2. The van der Waals surface area contributed by atoms with Gasteiger partial charge >= 0.3 is 5.97 Å². The van der Waals surface area contributed by atoms with Crippen molar-refractivity contribution in [2.45, 2.75) is 26.7 Å². The van der Waals surface area contributed by atoms with Crippen molar-refractivity contribution in [3.05, 3.63) is 23.8 Å². The predicted octanol–water partition coefficient (Wildman–Crippen LogP) is 2.76. The van der Waals surface area contributed by atoms with E-state index in [9.17, 15) is 4.79 Å². The minimum atomic E-state index is -0.244. The minimum Gasteiger partial charge on any atom is -0.495 e. The number of ether oxygens (including phenoxy) is 2. The summed E-state index contributed by atoms with van der Waals surface area (Å²) >= 11 is 0. The van der Waals surface area contributed by atoms with Crippen LogP contribution in [0.2, 0.25) is 0 Å². The van der Waals surface area contributed by atoms with Gasteiger partial charge in [-0.25, -0.2) is 0 Å². The molecule has 0 aliphatic heterocycles. The first-order chi connectivity index (χ1) is 8.67. The topological polar surface area (TPSA) is 47.6 Å². The van der Waals surface area contributed by atoms with E-state index in [4.69, 9.17) is 9.47 Å². The number of hydrogen-bond donors (Lipinski definition) is 1. The summed E-state index contributed by atoms with van der Waals surface area (Å²) in [6.45, 7) is 4.69. The van der Waals surface area contributed by atoms with E-state index in [-0.39, 0.29) is 12.5 Å². The Morgan fingerprint density at radius 3 is 2.83 bits per heavy atom. The molecule has 1 aromatic carbocycles. The molecule has 0 aliphatic carbocycles. The van der Waals surface area contributed by atoms with Crippen LogP contribution in [0.15, 0.2) is 18.2 Å². The lowest BCUT2D eigenvalue weighted by molar-refractivity contribution is -0.141. The Morgan fingerprint density at radius 2 is 2.17 bits per heavy atom. The van der Waals surface area contributed by atoms with E-state index in [0.29, 0.717) is 6.61 Å². The normalized spacial score (nSPS) is 9.94. The van der Waals surface area contributed by atoms with E-state index < -0.39 is 0 Å². The molecule has 1 rings (SSSR count). The summed E-state index contributed by atoms with van der Waals surface area (Å²) < 4.78 is 10.3. The minimum absolute atomic E-state index is 0.156. The van der Waals surface area contributed by atoms with Gasteiger partial charge in [0.25, 0.3) is 0 Å². The van der Waals surface area contributed by atoms with E-state index in [0.717, 1.165) is 29.8 Å². The third-order valence-corrected chi connectivity index (χ3v) is 2.54. The van der Waals surface area contributed by atoms with Gasteiger partial charge in [0.1, 0.15) is 12.3 Å². The first kappa shape index (κ1) is 14.4. The van der Waals surface area contributed by atoms with Crippen LogP contribution in [0.5, 0.6) is 5.75 Å². The van der Waals surface area contributed by atoms with Crippen molar-refractivity contribution in [3.8, 4) is 5.75 Å². The smallest absolute Gasteiger partial charge is 0.325 e. The molecule has 0 bridgehead atoms. The van der Waals surface area contributed by atoms with Crippen LogP contribution < -0.4 is 10.1 Å². The Hall–Kier alpha value is -1.71. The SMILES string of the molecule is CCCCOC(=O)CNc1cc(C)ccc1OC. The van der Waals surface area contributed by atoms with Gasteiger partial charge in [0.05, 0.1) is 19.4 Å². The number of nitrogens with one attached hydrogen (secondary N) is 1. The van der Waals surface area contributed by atoms with Crippen LogP contribution in [-0.2, 0) is 9.53 Å². The van der Waals surface area contributed by atoms with Gasteiger partial charge in [0.15, 0.2) is 0 Å². The van der Waals surface area contributed by atoms with Gasteiger partial charge in [0.2, 0.25) is 0 Å². The standard InChI is InChI=1S/C14H21NO3/c1-4-5-8-18-14(16)10-15-12-9-11(2)6-7-13(12)17-3/h6-7,9,15H,4-5,8,10H2,1-3H3. The number of benzene rings is 1. The van der Waals surface area contributed by atoms with Crippen molar-refractivity contribution in [1.29, 1.82) is 0 Å². The van der Waals surface area contributed by atoms with Crippen molar-refractivity contribution in [3.63, 3.8) is 0 Å². The van der Waals surface area contributed by atoms with Crippen LogP contribution in [0.4, 0.5) is 5.69 Å². The summed E-state index contributed by atoms with van der Waals surface area (Å²) in [5.41, 5.74) is 1.92. The molecular formula is C14H21NO3. The van der Waals surface area contributed by atoms with Crippen molar-refractivity contribution in [2.75, 3.05) is 25.6 Å². The summed E-state index contributed by atoms with van der Waals surface area (Å²) in [7, 11) is 1.61. The van der Waals surface area contributed by atoms with E-state index >= 15 is 0 Å². The van der Waals surface area contributed by atoms with E-state index in [1.807, 2.05) is 25.1 Å². The fraction of sp³-hybridized carbons (Fsp3) is 0.500. The zero-order valence-corrected chi connectivity index (χ0v) is 11.3. The lowest BCUT2D eigenvalue weighted by Gasteiger charge is -2.11. The van der Waals surface area contributed by atoms with Gasteiger partial charge in [-0.05, 0) is 31.0 Å². The average molecular weight is 251 g/mol. The second kappa shape index (κ2) is 7.58. The van der Waals surface area contributed by atoms with Crippen molar-refractivity contribution in [2.24, 2.45) is 0 Å². The Balaban J connectivity index is 2.47. The highest BCUT2D eigenvalue weighted by molar-refractivity contribution is 5.76. The number of aryl methyl sites for hydroxylation is 1. The summed E-state index contributed by atoms with van der Waals surface area (Å²) in [6, 6.07) is 5.78. The summed E-state index contributed by atoms with van der Waals surface area (Å²) in [5, 5.41) is 3.03. The number of esters is 1. The third kappa shape index (κ3) is 4.65. The molecule has 0 atom stereocenters. The highest BCUT2D eigenvalue weighted by atomic mass is 16.5. The second-order valence-corrected chi connectivity index (χ2v) is 4.13. The monoisotopic (exact) mass is 251 g/mol. The first-order valence-electron chi connectivity index (χ1n) is 6.21. The molecule has 100 valence electrons. The van der Waals surface area contributed by atoms with Gasteiger partial charge in [-0.2, -0.15) is 0 Å². The molecular weight excluding hydrogens is 230 g/mol. The molecule has 0 amide bonds. The fourth-order valence-corrected chi connectivity index (χ4v) is 1.51. The Bertz CT molecular complexity index is 391. The summed E-state index contributed by atoms with van der Waals surface area (Å²) in [5.74, 6) is 0.481. The van der Waals surface area contributed by atoms with E-state index in [2.05, 4.69) is 12.2 Å². The fourth-order valence-electron chi connectivity index (χ4n) is 1.51. The van der Waals surface area contributed by atoms with Crippen LogP contribution in [-0.4, -0.2) is 26.2 Å². The van der Waals surface area contributed by atoms with Gasteiger partial charge in [-0.1, -0.05) is 19.4 Å². The van der Waals surface area contributed by atoms with Crippen LogP contribution in [0, 0.1) is 6.92 Å². The molecule has 1 aromatic rings. The van der Waals surface area contributed by atoms with Crippen LogP contribution in [0.3, 0.4) is 0 Å². The highest BCUT2D eigenvalue weighted by Gasteiger charge is 2.06. The molecule has 0 saturated heterocycles. The number of unbranched alkanes of at least 4 members (excludes halogenated alkanes) is 1. The lowest BCUT2D eigenvalue weighted by Crippen LogP contribution is -2.17. The number of rotatable bonds is 7. The number of carbonyl (C=O) groups is 1. The van der Waals surface area contributed by atoms with Gasteiger partial charge in [-0.15, -0.1) is 0 Å². The molecule has 0 heterocycles. The maximum absolute atomic E-state index is 11.5. The van der Waals surface area contributed by atoms with E-state index in [1.165, 1.54) is 0 Å². The summed E-state index contributed by atoms with van der Waals surface area (Å²) in [6.07, 6.45) is 1.92. The number of carbonyl (C=O) groups excluding carboxylic acids is 1. The maximum atomic E-state index is 11.5.